The summed E-state index contributed by atoms with van der Waals surface area (Å²) in [6.45, 7) is 3.77. The molecule has 2 amide bonds. The van der Waals surface area contributed by atoms with Gasteiger partial charge in [0.25, 0.3) is 0 Å². The summed E-state index contributed by atoms with van der Waals surface area (Å²) >= 11 is 0. The van der Waals surface area contributed by atoms with Crippen LogP contribution < -0.4 is 14.8 Å². The summed E-state index contributed by atoms with van der Waals surface area (Å²) in [6, 6.07) is 1.96. The number of ether oxygens (including phenoxy) is 3. The van der Waals surface area contributed by atoms with Crippen molar-refractivity contribution in [3.63, 3.8) is 0 Å². The predicted molar refractivity (Wildman–Crippen MR) is 76.3 cm³/mol. The smallest absolute Gasteiger partial charge is 0.322 e. The molecule has 6 heteroatoms. The second-order valence-electron chi connectivity index (χ2n) is 5.44. The van der Waals surface area contributed by atoms with Crippen LogP contribution >= 0.6 is 0 Å². The quantitative estimate of drug-likeness (QED) is 0.850. The van der Waals surface area contributed by atoms with Gasteiger partial charge in [-0.15, -0.1) is 0 Å². The van der Waals surface area contributed by atoms with Crippen molar-refractivity contribution in [3.05, 3.63) is 17.2 Å². The number of carbonyl (C=O) groups excluding carboxylic acids is 1. The molecule has 1 fully saturated rings. The predicted octanol–water partition coefficient (Wildman–Crippen LogP) is 1.42. The number of nitrogens with zero attached hydrogens (tertiary/aromatic N) is 1. The minimum absolute atomic E-state index is 0.0868. The van der Waals surface area contributed by atoms with Crippen LogP contribution in [0.4, 0.5) is 10.5 Å². The molecule has 21 heavy (non-hydrogen) atoms. The van der Waals surface area contributed by atoms with Gasteiger partial charge in [-0.25, -0.2) is 4.79 Å². The minimum atomic E-state index is -0.0868. The molecule has 0 atom stereocenters. The van der Waals surface area contributed by atoms with E-state index in [-0.39, 0.29) is 6.03 Å². The summed E-state index contributed by atoms with van der Waals surface area (Å²) in [5.74, 6) is 1.71. The molecule has 6 nitrogen and oxygen atoms in total. The van der Waals surface area contributed by atoms with E-state index in [9.17, 15) is 4.79 Å². The summed E-state index contributed by atoms with van der Waals surface area (Å²) in [5.41, 5.74) is 2.97. The Balaban J connectivity index is 1.64. The van der Waals surface area contributed by atoms with E-state index in [1.165, 1.54) is 0 Å². The van der Waals surface area contributed by atoms with Gasteiger partial charge in [-0.2, -0.15) is 0 Å². The van der Waals surface area contributed by atoms with Crippen LogP contribution in [0, 0.1) is 0 Å². The lowest BCUT2D eigenvalue weighted by molar-refractivity contribution is 0.0564. The van der Waals surface area contributed by atoms with Crippen molar-refractivity contribution >= 4 is 11.7 Å². The standard InChI is InChI=1S/C15H18N2O4/c18-15(17-3-7-19-8-4-17)16-13-11-2-6-20-12(11)9-10-1-5-21-14(10)13/h9H,1-8H2,(H,16,18). The van der Waals surface area contributed by atoms with E-state index < -0.39 is 0 Å². The molecule has 3 aliphatic rings. The Hall–Kier alpha value is -1.95. The topological polar surface area (TPSA) is 60.0 Å². The first kappa shape index (κ1) is 12.8. The van der Waals surface area contributed by atoms with E-state index in [0.29, 0.717) is 39.5 Å². The van der Waals surface area contributed by atoms with E-state index in [2.05, 4.69) is 11.4 Å². The van der Waals surface area contributed by atoms with E-state index in [1.54, 1.807) is 4.90 Å². The second kappa shape index (κ2) is 5.11. The molecule has 0 bridgehead atoms. The first-order valence-corrected chi connectivity index (χ1v) is 7.41. The highest BCUT2D eigenvalue weighted by Gasteiger charge is 2.28. The van der Waals surface area contributed by atoms with Crippen LogP contribution in [0.1, 0.15) is 11.1 Å². The first-order valence-electron chi connectivity index (χ1n) is 7.41. The van der Waals surface area contributed by atoms with Crippen molar-refractivity contribution in [1.29, 1.82) is 0 Å². The van der Waals surface area contributed by atoms with Crippen molar-refractivity contribution < 1.29 is 19.0 Å². The maximum Gasteiger partial charge on any atom is 0.322 e. The average Bonchev–Trinajstić information content (AvgIpc) is 3.16. The van der Waals surface area contributed by atoms with Gasteiger partial charge in [0, 0.05) is 37.1 Å². The van der Waals surface area contributed by atoms with Crippen molar-refractivity contribution in [1.82, 2.24) is 4.90 Å². The molecular formula is C15H18N2O4. The molecule has 3 heterocycles. The SMILES string of the molecule is O=C(Nc1c2c(cc3c1OCC3)OCC2)N1CCOCC1. The Morgan fingerprint density at radius 1 is 1.10 bits per heavy atom. The molecule has 1 saturated heterocycles. The number of fused-ring (bicyclic) bond motifs is 2. The lowest BCUT2D eigenvalue weighted by Gasteiger charge is -2.27. The zero-order valence-corrected chi connectivity index (χ0v) is 11.8. The monoisotopic (exact) mass is 290 g/mol. The van der Waals surface area contributed by atoms with E-state index >= 15 is 0 Å². The zero-order valence-electron chi connectivity index (χ0n) is 11.8. The molecule has 4 rings (SSSR count). The lowest BCUT2D eigenvalue weighted by Crippen LogP contribution is -2.43. The lowest BCUT2D eigenvalue weighted by atomic mass is 10.0. The Kier molecular flexibility index (Phi) is 3.11. The highest BCUT2D eigenvalue weighted by atomic mass is 16.5. The number of urea groups is 1. The Morgan fingerprint density at radius 2 is 1.90 bits per heavy atom. The van der Waals surface area contributed by atoms with E-state index in [0.717, 1.165) is 41.2 Å². The second-order valence-corrected chi connectivity index (χ2v) is 5.44. The maximum atomic E-state index is 12.4. The largest absolute Gasteiger partial charge is 0.493 e. The zero-order chi connectivity index (χ0) is 14.2. The number of benzene rings is 1. The molecule has 0 spiro atoms. The van der Waals surface area contributed by atoms with Crippen LogP contribution in [0.3, 0.4) is 0 Å². The molecule has 1 aromatic carbocycles. The Morgan fingerprint density at radius 3 is 2.76 bits per heavy atom. The van der Waals surface area contributed by atoms with Gasteiger partial charge in [0.05, 0.1) is 32.1 Å². The van der Waals surface area contributed by atoms with E-state index in [4.69, 9.17) is 14.2 Å². The van der Waals surface area contributed by atoms with Gasteiger partial charge < -0.3 is 24.4 Å². The highest BCUT2D eigenvalue weighted by molar-refractivity contribution is 5.93. The van der Waals surface area contributed by atoms with Gasteiger partial charge in [-0.1, -0.05) is 0 Å². The molecule has 3 aliphatic heterocycles. The third-order valence-electron chi connectivity index (χ3n) is 4.18. The van der Waals surface area contributed by atoms with Crippen LogP contribution in [0.25, 0.3) is 0 Å². The molecule has 0 aliphatic carbocycles. The Bertz CT molecular complexity index is 549. The average molecular weight is 290 g/mol. The molecule has 1 N–H and O–H groups in total. The molecule has 0 aromatic heterocycles. The molecule has 1 aromatic rings. The molecule has 112 valence electrons. The van der Waals surface area contributed by atoms with Gasteiger partial charge in [-0.3, -0.25) is 0 Å². The molecule has 0 radical (unpaired) electrons. The number of hydrogen-bond acceptors (Lipinski definition) is 4. The highest BCUT2D eigenvalue weighted by Crippen LogP contribution is 2.44. The fourth-order valence-electron chi connectivity index (χ4n) is 3.07. The summed E-state index contributed by atoms with van der Waals surface area (Å²) in [6.07, 6.45) is 1.68. The van der Waals surface area contributed by atoms with Crippen molar-refractivity contribution in [3.8, 4) is 11.5 Å². The summed E-state index contributed by atoms with van der Waals surface area (Å²) in [7, 11) is 0. The third kappa shape index (κ3) is 2.19. The Labute approximate surface area is 123 Å². The molecule has 0 unspecified atom stereocenters. The van der Waals surface area contributed by atoms with Crippen LogP contribution in [-0.4, -0.2) is 50.4 Å². The van der Waals surface area contributed by atoms with Gasteiger partial charge in [0.15, 0.2) is 0 Å². The van der Waals surface area contributed by atoms with Gasteiger partial charge >= 0.3 is 6.03 Å². The fraction of sp³-hybridized carbons (Fsp3) is 0.533. The van der Waals surface area contributed by atoms with Crippen LogP contribution in [0.15, 0.2) is 6.07 Å². The van der Waals surface area contributed by atoms with Crippen LogP contribution in [-0.2, 0) is 17.6 Å². The van der Waals surface area contributed by atoms with Gasteiger partial charge in [0.1, 0.15) is 11.5 Å². The summed E-state index contributed by atoms with van der Waals surface area (Å²) in [4.78, 5) is 14.2. The van der Waals surface area contributed by atoms with Crippen molar-refractivity contribution in [2.24, 2.45) is 0 Å². The van der Waals surface area contributed by atoms with Gasteiger partial charge in [-0.05, 0) is 6.07 Å². The first-order chi connectivity index (χ1) is 10.3. The number of morpholine rings is 1. The van der Waals surface area contributed by atoms with E-state index in [1.807, 2.05) is 0 Å². The van der Waals surface area contributed by atoms with Gasteiger partial charge in [0.2, 0.25) is 0 Å². The maximum absolute atomic E-state index is 12.4. The fourth-order valence-corrected chi connectivity index (χ4v) is 3.07. The molecular weight excluding hydrogens is 272 g/mol. The minimum Gasteiger partial charge on any atom is -0.493 e. The van der Waals surface area contributed by atoms with Crippen LogP contribution in [0.5, 0.6) is 11.5 Å². The number of rotatable bonds is 1. The number of carbonyl (C=O) groups is 1. The normalized spacial score (nSPS) is 19.5. The number of amides is 2. The number of hydrogen-bond donors (Lipinski definition) is 1. The van der Waals surface area contributed by atoms with Crippen molar-refractivity contribution in [2.45, 2.75) is 12.8 Å². The third-order valence-corrected chi connectivity index (χ3v) is 4.18. The van der Waals surface area contributed by atoms with Crippen LogP contribution in [0.2, 0.25) is 0 Å². The van der Waals surface area contributed by atoms with Crippen molar-refractivity contribution in [2.75, 3.05) is 44.8 Å². The number of anilines is 1. The molecule has 0 saturated carbocycles. The summed E-state index contributed by atoms with van der Waals surface area (Å²) in [5, 5.41) is 3.04. The number of nitrogens with one attached hydrogen (secondary N) is 1. The summed E-state index contributed by atoms with van der Waals surface area (Å²) < 4.78 is 16.7.